The molecule has 0 saturated carbocycles. The highest BCUT2D eigenvalue weighted by Gasteiger charge is 1.97. The molecule has 0 unspecified atom stereocenters. The Balaban J connectivity index is 2.22. The molecule has 4 nitrogen and oxygen atoms in total. The van der Waals surface area contributed by atoms with E-state index in [4.69, 9.17) is 15.7 Å². The normalized spacial score (nSPS) is 11.5. The lowest BCUT2D eigenvalue weighted by molar-refractivity contribution is 0.304. The van der Waals surface area contributed by atoms with E-state index in [1.165, 1.54) is 5.56 Å². The predicted molar refractivity (Wildman–Crippen MR) is 68.6 cm³/mol. The Kier molecular flexibility index (Phi) is 5.93. The molecule has 0 aromatic heterocycles. The smallest absolute Gasteiger partial charge is 0.139 e. The van der Waals surface area contributed by atoms with E-state index in [2.05, 4.69) is 24.2 Å². The van der Waals surface area contributed by atoms with Gasteiger partial charge in [0, 0.05) is 6.42 Å². The monoisotopic (exact) mass is 236 g/mol. The second-order valence-electron chi connectivity index (χ2n) is 3.90. The summed E-state index contributed by atoms with van der Waals surface area (Å²) in [4.78, 5) is 0. The Bertz CT molecular complexity index is 364. The zero-order valence-corrected chi connectivity index (χ0v) is 10.2. The third-order valence-electron chi connectivity index (χ3n) is 2.53. The average Bonchev–Trinajstić information content (AvgIpc) is 2.38. The van der Waals surface area contributed by atoms with Crippen molar-refractivity contribution in [1.82, 2.24) is 0 Å². The Hall–Kier alpha value is -1.71. The Morgan fingerprint density at radius 2 is 2.24 bits per heavy atom. The average molecular weight is 236 g/mol. The number of oxime groups is 1. The molecule has 0 aliphatic carbocycles. The van der Waals surface area contributed by atoms with Gasteiger partial charge in [-0.05, 0) is 37.0 Å². The summed E-state index contributed by atoms with van der Waals surface area (Å²) in [5.74, 6) is 1.19. The lowest BCUT2D eigenvalue weighted by Gasteiger charge is -2.07. The fraction of sp³-hybridized carbons (Fsp3) is 0.462. The van der Waals surface area contributed by atoms with Crippen LogP contribution in [-0.2, 0) is 6.42 Å². The summed E-state index contributed by atoms with van der Waals surface area (Å²) in [6.45, 7) is 2.78. The number of benzene rings is 1. The van der Waals surface area contributed by atoms with Crippen LogP contribution in [0.1, 0.15) is 31.7 Å². The molecule has 0 aliphatic rings. The van der Waals surface area contributed by atoms with Gasteiger partial charge in [-0.2, -0.15) is 0 Å². The van der Waals surface area contributed by atoms with Crippen LogP contribution < -0.4 is 10.5 Å². The molecule has 3 N–H and O–H groups in total. The predicted octanol–water partition coefficient (Wildman–Crippen LogP) is 2.54. The highest BCUT2D eigenvalue weighted by atomic mass is 16.5. The van der Waals surface area contributed by atoms with Crippen molar-refractivity contribution < 1.29 is 9.94 Å². The van der Waals surface area contributed by atoms with Crippen molar-refractivity contribution in [2.45, 2.75) is 32.6 Å². The van der Waals surface area contributed by atoms with Crippen LogP contribution in [-0.4, -0.2) is 17.6 Å². The van der Waals surface area contributed by atoms with Crippen molar-refractivity contribution in [3.05, 3.63) is 29.8 Å². The maximum Gasteiger partial charge on any atom is 0.139 e. The number of aryl methyl sites for hydroxylation is 1. The largest absolute Gasteiger partial charge is 0.494 e. The summed E-state index contributed by atoms with van der Waals surface area (Å²) >= 11 is 0. The minimum Gasteiger partial charge on any atom is -0.494 e. The van der Waals surface area contributed by atoms with Gasteiger partial charge in [0.25, 0.3) is 0 Å². The lowest BCUT2D eigenvalue weighted by Crippen LogP contribution is -2.11. The third-order valence-corrected chi connectivity index (χ3v) is 2.53. The van der Waals surface area contributed by atoms with Crippen LogP contribution in [0.4, 0.5) is 0 Å². The summed E-state index contributed by atoms with van der Waals surface area (Å²) in [6, 6.07) is 8.11. The minimum atomic E-state index is 0.276. The van der Waals surface area contributed by atoms with E-state index in [0.717, 1.165) is 25.0 Å². The summed E-state index contributed by atoms with van der Waals surface area (Å²) in [5.41, 5.74) is 6.64. The van der Waals surface area contributed by atoms with Gasteiger partial charge in [-0.15, -0.1) is 0 Å². The Labute approximate surface area is 102 Å². The van der Waals surface area contributed by atoms with E-state index in [1.807, 2.05) is 12.1 Å². The number of hydrogen-bond donors (Lipinski definition) is 2. The van der Waals surface area contributed by atoms with Crippen molar-refractivity contribution in [2.75, 3.05) is 6.61 Å². The quantitative estimate of drug-likeness (QED) is 0.251. The van der Waals surface area contributed by atoms with Crippen LogP contribution in [0, 0.1) is 0 Å². The fourth-order valence-corrected chi connectivity index (χ4v) is 1.50. The van der Waals surface area contributed by atoms with Gasteiger partial charge in [0.1, 0.15) is 11.6 Å². The summed E-state index contributed by atoms with van der Waals surface area (Å²) < 4.78 is 5.62. The summed E-state index contributed by atoms with van der Waals surface area (Å²) in [5, 5.41) is 11.3. The van der Waals surface area contributed by atoms with E-state index < -0.39 is 0 Å². The molecule has 0 amide bonds. The second kappa shape index (κ2) is 7.54. The van der Waals surface area contributed by atoms with Gasteiger partial charge in [0.05, 0.1) is 6.61 Å². The summed E-state index contributed by atoms with van der Waals surface area (Å²) in [6.07, 6.45) is 3.38. The van der Waals surface area contributed by atoms with Crippen molar-refractivity contribution in [3.63, 3.8) is 0 Å². The van der Waals surface area contributed by atoms with Crippen molar-refractivity contribution in [3.8, 4) is 5.75 Å². The van der Waals surface area contributed by atoms with E-state index in [1.54, 1.807) is 0 Å². The van der Waals surface area contributed by atoms with E-state index in [9.17, 15) is 0 Å². The summed E-state index contributed by atoms with van der Waals surface area (Å²) in [7, 11) is 0. The number of rotatable bonds is 7. The number of nitrogens with two attached hydrogens (primary N) is 1. The number of unbranched alkanes of at least 4 members (excludes halogenated alkanes) is 1. The molecular weight excluding hydrogens is 216 g/mol. The molecular formula is C13H20N2O2. The molecule has 1 aromatic carbocycles. The Morgan fingerprint density at radius 1 is 1.41 bits per heavy atom. The molecule has 94 valence electrons. The molecule has 0 bridgehead atoms. The standard InChI is InChI=1S/C13H20N2O2/c1-2-11-6-5-7-12(10-11)17-9-4-3-8-13(14)15-16/h5-7,10,16H,2-4,8-9H2,1H3,(H2,14,15). The second-order valence-corrected chi connectivity index (χ2v) is 3.90. The lowest BCUT2D eigenvalue weighted by atomic mass is 10.2. The van der Waals surface area contributed by atoms with E-state index >= 15 is 0 Å². The molecule has 1 rings (SSSR count). The highest BCUT2D eigenvalue weighted by molar-refractivity contribution is 5.79. The molecule has 0 heterocycles. The number of nitrogens with zero attached hydrogens (tertiary/aromatic N) is 1. The molecule has 1 aromatic rings. The van der Waals surface area contributed by atoms with Crippen LogP contribution in [0.3, 0.4) is 0 Å². The first kappa shape index (κ1) is 13.4. The van der Waals surface area contributed by atoms with Crippen molar-refractivity contribution in [1.29, 1.82) is 0 Å². The van der Waals surface area contributed by atoms with Gasteiger partial charge in [-0.3, -0.25) is 0 Å². The van der Waals surface area contributed by atoms with Gasteiger partial charge in [-0.1, -0.05) is 24.2 Å². The number of ether oxygens (including phenoxy) is 1. The number of hydrogen-bond acceptors (Lipinski definition) is 3. The van der Waals surface area contributed by atoms with Crippen LogP contribution in [0.2, 0.25) is 0 Å². The zero-order chi connectivity index (χ0) is 12.5. The van der Waals surface area contributed by atoms with Crippen LogP contribution >= 0.6 is 0 Å². The minimum absolute atomic E-state index is 0.276. The van der Waals surface area contributed by atoms with Crippen molar-refractivity contribution >= 4 is 5.84 Å². The molecule has 0 spiro atoms. The molecule has 0 saturated heterocycles. The first-order valence-electron chi connectivity index (χ1n) is 5.94. The van der Waals surface area contributed by atoms with Crippen LogP contribution in [0.25, 0.3) is 0 Å². The van der Waals surface area contributed by atoms with Gasteiger partial charge >= 0.3 is 0 Å². The van der Waals surface area contributed by atoms with Gasteiger partial charge in [0.15, 0.2) is 0 Å². The number of amidine groups is 1. The van der Waals surface area contributed by atoms with Crippen LogP contribution in [0.15, 0.2) is 29.4 Å². The van der Waals surface area contributed by atoms with Gasteiger partial charge in [-0.25, -0.2) is 0 Å². The zero-order valence-electron chi connectivity index (χ0n) is 10.2. The highest BCUT2D eigenvalue weighted by Crippen LogP contribution is 2.14. The molecule has 0 fully saturated rings. The molecule has 0 atom stereocenters. The fourth-order valence-electron chi connectivity index (χ4n) is 1.50. The maximum atomic E-state index is 8.36. The Morgan fingerprint density at radius 3 is 2.94 bits per heavy atom. The maximum absolute atomic E-state index is 8.36. The first-order valence-corrected chi connectivity index (χ1v) is 5.94. The van der Waals surface area contributed by atoms with Crippen molar-refractivity contribution in [2.24, 2.45) is 10.9 Å². The molecule has 4 heteroatoms. The van der Waals surface area contributed by atoms with E-state index in [0.29, 0.717) is 13.0 Å². The molecule has 0 aliphatic heterocycles. The topological polar surface area (TPSA) is 67.8 Å². The van der Waals surface area contributed by atoms with Crippen LogP contribution in [0.5, 0.6) is 5.75 Å². The third kappa shape index (κ3) is 5.24. The van der Waals surface area contributed by atoms with E-state index in [-0.39, 0.29) is 5.84 Å². The molecule has 0 radical (unpaired) electrons. The SMILES string of the molecule is CCc1cccc(OCCCCC(N)=NO)c1. The first-order chi connectivity index (χ1) is 8.26. The molecule has 17 heavy (non-hydrogen) atoms. The van der Waals surface area contributed by atoms with Gasteiger partial charge in [0.2, 0.25) is 0 Å². The van der Waals surface area contributed by atoms with Gasteiger partial charge < -0.3 is 15.7 Å².